The van der Waals surface area contributed by atoms with Crippen molar-refractivity contribution < 1.29 is 4.92 Å². The van der Waals surface area contributed by atoms with E-state index in [2.05, 4.69) is 12.6 Å². The summed E-state index contributed by atoms with van der Waals surface area (Å²) in [6, 6.07) is 1.31. The summed E-state index contributed by atoms with van der Waals surface area (Å²) in [5.41, 5.74) is 0.183. The predicted molar refractivity (Wildman–Crippen MR) is 69.7 cm³/mol. The lowest BCUT2D eigenvalue weighted by molar-refractivity contribution is -0.385. The topological polar surface area (TPSA) is 65.1 Å². The maximum absolute atomic E-state index is 11.7. The molecule has 0 fully saturated rings. The molecule has 0 saturated carbocycles. The second-order valence-electron chi connectivity index (χ2n) is 4.05. The van der Waals surface area contributed by atoms with Gasteiger partial charge in [0.25, 0.3) is 11.2 Å². The highest BCUT2D eigenvalue weighted by Gasteiger charge is 2.14. The van der Waals surface area contributed by atoms with Gasteiger partial charge in [0.15, 0.2) is 0 Å². The minimum absolute atomic E-state index is 0.0152. The maximum atomic E-state index is 11.7. The smallest absolute Gasteiger partial charge is 0.288 e. The summed E-state index contributed by atoms with van der Waals surface area (Å²) in [7, 11) is 0. The van der Waals surface area contributed by atoms with Crippen LogP contribution in [0.2, 0.25) is 0 Å². The second kappa shape index (κ2) is 5.86. The Labute approximate surface area is 105 Å². The third kappa shape index (κ3) is 3.33. The zero-order chi connectivity index (χ0) is 13.0. The fourth-order valence-electron chi connectivity index (χ4n) is 1.58. The van der Waals surface area contributed by atoms with Crippen LogP contribution in [0.25, 0.3) is 0 Å². The number of nitro groups is 1. The van der Waals surface area contributed by atoms with Gasteiger partial charge in [-0.2, -0.15) is 12.6 Å². The van der Waals surface area contributed by atoms with E-state index in [4.69, 9.17) is 0 Å². The molecule has 94 valence electrons. The minimum atomic E-state index is -0.465. The summed E-state index contributed by atoms with van der Waals surface area (Å²) in [5.74, 6) is 0.906. The molecular formula is C11H16N2O3S. The van der Waals surface area contributed by atoms with Crippen LogP contribution in [0.3, 0.4) is 0 Å². The zero-order valence-corrected chi connectivity index (χ0v) is 10.8. The number of nitrogens with zero attached hydrogens (tertiary/aromatic N) is 2. The Hall–Kier alpha value is -1.30. The van der Waals surface area contributed by atoms with Crippen molar-refractivity contribution in [2.75, 3.05) is 5.75 Å². The van der Waals surface area contributed by atoms with E-state index < -0.39 is 4.92 Å². The Kier molecular flexibility index (Phi) is 4.74. The first-order valence-electron chi connectivity index (χ1n) is 5.46. The molecule has 17 heavy (non-hydrogen) atoms. The van der Waals surface area contributed by atoms with Gasteiger partial charge in [-0.3, -0.25) is 14.9 Å². The van der Waals surface area contributed by atoms with Crippen LogP contribution in [-0.2, 0) is 6.54 Å². The van der Waals surface area contributed by atoms with Crippen LogP contribution in [0.15, 0.2) is 17.1 Å². The van der Waals surface area contributed by atoms with Crippen molar-refractivity contribution >= 4 is 18.3 Å². The molecule has 0 aliphatic rings. The second-order valence-corrected chi connectivity index (χ2v) is 4.41. The van der Waals surface area contributed by atoms with E-state index in [-0.39, 0.29) is 17.2 Å². The van der Waals surface area contributed by atoms with Crippen molar-refractivity contribution in [1.82, 2.24) is 4.57 Å². The van der Waals surface area contributed by atoms with Gasteiger partial charge in [-0.1, -0.05) is 13.3 Å². The molecule has 1 aromatic heterocycles. The lowest BCUT2D eigenvalue weighted by atomic mass is 10.1. The molecule has 1 aromatic rings. The van der Waals surface area contributed by atoms with Crippen LogP contribution < -0.4 is 5.56 Å². The zero-order valence-electron chi connectivity index (χ0n) is 9.92. The van der Waals surface area contributed by atoms with Crippen molar-refractivity contribution in [2.24, 2.45) is 5.92 Å². The molecular weight excluding hydrogens is 240 g/mol. The molecule has 0 amide bonds. The van der Waals surface area contributed by atoms with Crippen LogP contribution in [-0.4, -0.2) is 15.2 Å². The molecule has 5 nitrogen and oxygen atoms in total. The molecule has 1 unspecified atom stereocenters. The molecule has 0 radical (unpaired) electrons. The van der Waals surface area contributed by atoms with Gasteiger partial charge in [0, 0.05) is 18.2 Å². The number of pyridine rings is 1. The summed E-state index contributed by atoms with van der Waals surface area (Å²) in [5, 5.41) is 10.8. The van der Waals surface area contributed by atoms with Crippen LogP contribution in [0.5, 0.6) is 0 Å². The summed E-state index contributed by atoms with van der Waals surface area (Å²) in [4.78, 5) is 22.0. The minimum Gasteiger partial charge on any atom is -0.309 e. The summed E-state index contributed by atoms with van der Waals surface area (Å²) < 4.78 is 1.40. The fraction of sp³-hybridized carbons (Fsp3) is 0.545. The first-order chi connectivity index (χ1) is 7.99. The van der Waals surface area contributed by atoms with E-state index in [1.54, 1.807) is 6.92 Å². The van der Waals surface area contributed by atoms with Gasteiger partial charge in [0.05, 0.1) is 11.1 Å². The highest BCUT2D eigenvalue weighted by atomic mass is 32.1. The van der Waals surface area contributed by atoms with E-state index in [1.807, 2.05) is 6.92 Å². The van der Waals surface area contributed by atoms with E-state index in [9.17, 15) is 14.9 Å². The highest BCUT2D eigenvalue weighted by molar-refractivity contribution is 7.80. The first kappa shape index (κ1) is 13.8. The lowest BCUT2D eigenvalue weighted by Crippen LogP contribution is -2.24. The average molecular weight is 256 g/mol. The van der Waals surface area contributed by atoms with Crippen LogP contribution in [0, 0.1) is 23.0 Å². The van der Waals surface area contributed by atoms with Gasteiger partial charge in [0.1, 0.15) is 0 Å². The summed E-state index contributed by atoms with van der Waals surface area (Å²) in [6.07, 6.45) is 2.21. The van der Waals surface area contributed by atoms with E-state index in [1.165, 1.54) is 16.8 Å². The van der Waals surface area contributed by atoms with Gasteiger partial charge in [-0.25, -0.2) is 0 Å². The standard InChI is InChI=1S/C11H16N2O3S/c1-3-9(7-17)5-12-6-10(13(15)16)8(2)4-11(12)14/h4,6,9,17H,3,5,7H2,1-2H3. The normalized spacial score (nSPS) is 12.4. The Bertz CT molecular complexity index is 466. The molecule has 0 spiro atoms. The quantitative estimate of drug-likeness (QED) is 0.498. The van der Waals surface area contributed by atoms with Crippen molar-refractivity contribution in [1.29, 1.82) is 0 Å². The summed E-state index contributed by atoms with van der Waals surface area (Å²) in [6.45, 7) is 4.05. The third-order valence-electron chi connectivity index (χ3n) is 2.79. The van der Waals surface area contributed by atoms with E-state index in [0.29, 0.717) is 17.9 Å². The highest BCUT2D eigenvalue weighted by Crippen LogP contribution is 2.15. The molecule has 0 saturated heterocycles. The lowest BCUT2D eigenvalue weighted by Gasteiger charge is -2.13. The number of aryl methyl sites for hydroxylation is 1. The van der Waals surface area contributed by atoms with E-state index >= 15 is 0 Å². The molecule has 0 aromatic carbocycles. The number of aromatic nitrogens is 1. The monoisotopic (exact) mass is 256 g/mol. The Morgan fingerprint density at radius 3 is 2.71 bits per heavy atom. The van der Waals surface area contributed by atoms with Gasteiger partial charge in [-0.05, 0) is 18.6 Å². The van der Waals surface area contributed by atoms with Gasteiger partial charge >= 0.3 is 0 Å². The van der Waals surface area contributed by atoms with Crippen molar-refractivity contribution in [2.45, 2.75) is 26.8 Å². The van der Waals surface area contributed by atoms with Gasteiger partial charge in [0.2, 0.25) is 0 Å². The Morgan fingerprint density at radius 1 is 1.59 bits per heavy atom. The predicted octanol–water partition coefficient (Wildman–Crippen LogP) is 2.02. The molecule has 1 atom stereocenters. The first-order valence-corrected chi connectivity index (χ1v) is 6.09. The van der Waals surface area contributed by atoms with Crippen molar-refractivity contribution in [3.8, 4) is 0 Å². The third-order valence-corrected chi connectivity index (χ3v) is 3.31. The molecule has 0 bridgehead atoms. The molecule has 0 aliphatic heterocycles. The van der Waals surface area contributed by atoms with Crippen LogP contribution >= 0.6 is 12.6 Å². The van der Waals surface area contributed by atoms with Gasteiger partial charge in [-0.15, -0.1) is 0 Å². The van der Waals surface area contributed by atoms with Gasteiger partial charge < -0.3 is 4.57 Å². The molecule has 0 aliphatic carbocycles. The fourth-order valence-corrected chi connectivity index (χ4v) is 1.96. The molecule has 0 N–H and O–H groups in total. The van der Waals surface area contributed by atoms with Crippen molar-refractivity contribution in [3.63, 3.8) is 0 Å². The van der Waals surface area contributed by atoms with E-state index in [0.717, 1.165) is 6.42 Å². The number of hydrogen-bond acceptors (Lipinski definition) is 4. The maximum Gasteiger partial charge on any atom is 0.288 e. The van der Waals surface area contributed by atoms with Crippen LogP contribution in [0.4, 0.5) is 5.69 Å². The Morgan fingerprint density at radius 2 is 2.24 bits per heavy atom. The van der Waals surface area contributed by atoms with Crippen molar-refractivity contribution in [3.05, 3.63) is 38.3 Å². The largest absolute Gasteiger partial charge is 0.309 e. The Balaban J connectivity index is 3.12. The number of thiol groups is 1. The number of hydrogen-bond donors (Lipinski definition) is 1. The SMILES string of the molecule is CCC(CS)Cn1cc([N+](=O)[O-])c(C)cc1=O. The molecule has 6 heteroatoms. The molecule has 1 heterocycles. The van der Waals surface area contributed by atoms with Crippen LogP contribution in [0.1, 0.15) is 18.9 Å². The average Bonchev–Trinajstić information content (AvgIpc) is 2.27. The molecule has 1 rings (SSSR count). The summed E-state index contributed by atoms with van der Waals surface area (Å²) >= 11 is 4.20. The number of rotatable bonds is 5.